The van der Waals surface area contributed by atoms with Crippen LogP contribution < -0.4 is 10.9 Å². The molecule has 1 aromatic carbocycles. The Morgan fingerprint density at radius 3 is 2.50 bits per heavy atom. The second-order valence-corrected chi connectivity index (χ2v) is 5.39. The summed E-state index contributed by atoms with van der Waals surface area (Å²) in [6.07, 6.45) is 2.51. The molecule has 1 atom stereocenters. The number of carbonyl (C=O) groups is 1. The van der Waals surface area contributed by atoms with Gasteiger partial charge in [-0.2, -0.15) is 0 Å². The van der Waals surface area contributed by atoms with Crippen LogP contribution in [0.25, 0.3) is 0 Å². The molecule has 0 saturated heterocycles. The van der Waals surface area contributed by atoms with Crippen molar-refractivity contribution >= 4 is 5.91 Å². The van der Waals surface area contributed by atoms with Crippen LogP contribution in [-0.2, 0) is 0 Å². The van der Waals surface area contributed by atoms with Crippen molar-refractivity contribution in [3.05, 3.63) is 99.5 Å². The van der Waals surface area contributed by atoms with Crippen molar-refractivity contribution in [3.8, 4) is 0 Å². The highest BCUT2D eigenvalue weighted by Gasteiger charge is 2.23. The van der Waals surface area contributed by atoms with E-state index in [4.69, 9.17) is 0 Å². The molecule has 2 N–H and O–H groups in total. The van der Waals surface area contributed by atoms with Crippen molar-refractivity contribution in [3.63, 3.8) is 0 Å². The minimum atomic E-state index is -1.16. The van der Waals surface area contributed by atoms with Crippen molar-refractivity contribution in [1.82, 2.24) is 15.3 Å². The molecule has 3 aromatic rings. The summed E-state index contributed by atoms with van der Waals surface area (Å²) < 4.78 is 41.0. The number of benzene rings is 1. The van der Waals surface area contributed by atoms with Gasteiger partial charge in [-0.25, -0.2) is 13.2 Å². The molecule has 0 saturated carbocycles. The Kier molecular flexibility index (Phi) is 4.83. The van der Waals surface area contributed by atoms with Gasteiger partial charge in [0, 0.05) is 18.5 Å². The first kappa shape index (κ1) is 17.4. The average molecular weight is 359 g/mol. The van der Waals surface area contributed by atoms with Crippen molar-refractivity contribution in [2.24, 2.45) is 0 Å². The number of amides is 1. The van der Waals surface area contributed by atoms with E-state index in [2.05, 4.69) is 15.3 Å². The average Bonchev–Trinajstić information content (AvgIpc) is 2.63. The standard InChI is InChI=1S/C18H12F3N3O2/c19-12-5-3-10(8-14(12)21)16(17-13(20)2-1-7-22-17)24-18(26)11-4-6-15(25)23-9-11/h1-9,16H,(H,23,25)(H,24,26). The number of halogens is 3. The molecule has 5 nitrogen and oxygen atoms in total. The SMILES string of the molecule is O=C(NC(c1ccc(F)c(F)c1)c1ncccc1F)c1ccc(=O)[nH]c1. The van der Waals surface area contributed by atoms with Crippen LogP contribution >= 0.6 is 0 Å². The van der Waals surface area contributed by atoms with Crippen LogP contribution in [0.5, 0.6) is 0 Å². The zero-order valence-electron chi connectivity index (χ0n) is 13.2. The van der Waals surface area contributed by atoms with Crippen LogP contribution in [-0.4, -0.2) is 15.9 Å². The van der Waals surface area contributed by atoms with E-state index >= 15 is 0 Å². The number of carbonyl (C=O) groups excluding carboxylic acids is 1. The fourth-order valence-electron chi connectivity index (χ4n) is 2.38. The number of nitrogens with zero attached hydrogens (tertiary/aromatic N) is 1. The summed E-state index contributed by atoms with van der Waals surface area (Å²) in [5.74, 6) is -3.58. The number of hydrogen-bond acceptors (Lipinski definition) is 3. The van der Waals surface area contributed by atoms with Crippen molar-refractivity contribution in [1.29, 1.82) is 0 Å². The third-order valence-corrected chi connectivity index (χ3v) is 3.66. The second-order valence-electron chi connectivity index (χ2n) is 5.39. The summed E-state index contributed by atoms with van der Waals surface area (Å²) in [5, 5.41) is 2.52. The first-order chi connectivity index (χ1) is 12.5. The van der Waals surface area contributed by atoms with Crippen LogP contribution in [0.4, 0.5) is 13.2 Å². The van der Waals surface area contributed by atoms with Gasteiger partial charge in [-0.3, -0.25) is 14.6 Å². The maximum Gasteiger partial charge on any atom is 0.253 e. The van der Waals surface area contributed by atoms with Crippen LogP contribution in [0.15, 0.2) is 59.7 Å². The predicted molar refractivity (Wildman–Crippen MR) is 86.9 cm³/mol. The molecule has 0 fully saturated rings. The smallest absolute Gasteiger partial charge is 0.253 e. The summed E-state index contributed by atoms with van der Waals surface area (Å²) in [7, 11) is 0. The van der Waals surface area contributed by atoms with E-state index in [0.717, 1.165) is 24.3 Å². The maximum absolute atomic E-state index is 14.2. The van der Waals surface area contributed by atoms with E-state index in [-0.39, 0.29) is 16.8 Å². The summed E-state index contributed by atoms with van der Waals surface area (Å²) in [4.78, 5) is 29.8. The van der Waals surface area contributed by atoms with Gasteiger partial charge in [-0.05, 0) is 35.9 Å². The van der Waals surface area contributed by atoms with Crippen molar-refractivity contribution < 1.29 is 18.0 Å². The Labute approximate surface area is 145 Å². The number of nitrogens with one attached hydrogen (secondary N) is 2. The molecule has 2 heterocycles. The zero-order valence-corrected chi connectivity index (χ0v) is 13.2. The lowest BCUT2D eigenvalue weighted by atomic mass is 10.0. The monoisotopic (exact) mass is 359 g/mol. The van der Waals surface area contributed by atoms with Gasteiger partial charge in [-0.15, -0.1) is 0 Å². The number of pyridine rings is 2. The van der Waals surface area contributed by atoms with Gasteiger partial charge in [0.15, 0.2) is 11.6 Å². The quantitative estimate of drug-likeness (QED) is 0.752. The van der Waals surface area contributed by atoms with Gasteiger partial charge in [0.05, 0.1) is 11.6 Å². The molecule has 3 rings (SSSR count). The van der Waals surface area contributed by atoms with Crippen molar-refractivity contribution in [2.75, 3.05) is 0 Å². The molecule has 1 unspecified atom stereocenters. The van der Waals surface area contributed by atoms with E-state index in [1.54, 1.807) is 0 Å². The van der Waals surface area contributed by atoms with Crippen LogP contribution in [0.2, 0.25) is 0 Å². The Balaban J connectivity index is 2.01. The molecule has 132 valence electrons. The third kappa shape index (κ3) is 3.64. The molecule has 0 radical (unpaired) electrons. The maximum atomic E-state index is 14.2. The molecular formula is C18H12F3N3O2. The molecule has 8 heteroatoms. The lowest BCUT2D eigenvalue weighted by Gasteiger charge is -2.19. The molecule has 2 aromatic heterocycles. The minimum absolute atomic E-state index is 0.105. The number of aromatic nitrogens is 2. The summed E-state index contributed by atoms with van der Waals surface area (Å²) >= 11 is 0. The van der Waals surface area contributed by atoms with Crippen molar-refractivity contribution in [2.45, 2.75) is 6.04 Å². The zero-order chi connectivity index (χ0) is 18.7. The molecule has 0 aliphatic rings. The Bertz CT molecular complexity index is 1000. The Hall–Kier alpha value is -3.42. The topological polar surface area (TPSA) is 74.8 Å². The molecule has 0 spiro atoms. The summed E-state index contributed by atoms with van der Waals surface area (Å²) in [6, 6.07) is 6.75. The molecule has 0 bridgehead atoms. The predicted octanol–water partition coefficient (Wildman–Crippen LogP) is 2.71. The first-order valence-corrected chi connectivity index (χ1v) is 7.50. The second kappa shape index (κ2) is 7.22. The largest absolute Gasteiger partial charge is 0.339 e. The Morgan fingerprint density at radius 2 is 1.85 bits per heavy atom. The van der Waals surface area contributed by atoms with Gasteiger partial charge in [0.2, 0.25) is 5.56 Å². The number of rotatable bonds is 4. The molecule has 26 heavy (non-hydrogen) atoms. The highest BCUT2D eigenvalue weighted by atomic mass is 19.2. The van der Waals surface area contributed by atoms with Gasteiger partial charge in [0.25, 0.3) is 5.91 Å². The molecular weight excluding hydrogens is 347 g/mol. The fourth-order valence-corrected chi connectivity index (χ4v) is 2.38. The molecule has 0 aliphatic heterocycles. The van der Waals surface area contributed by atoms with E-state index in [9.17, 15) is 22.8 Å². The number of aromatic amines is 1. The lowest BCUT2D eigenvalue weighted by molar-refractivity contribution is 0.0941. The highest BCUT2D eigenvalue weighted by molar-refractivity contribution is 5.94. The number of H-pyrrole nitrogens is 1. The fraction of sp³-hybridized carbons (Fsp3) is 0.0556. The number of hydrogen-bond donors (Lipinski definition) is 2. The van der Waals surface area contributed by atoms with Crippen LogP contribution in [0, 0.1) is 17.5 Å². The van der Waals surface area contributed by atoms with E-state index in [1.165, 1.54) is 30.6 Å². The van der Waals surface area contributed by atoms with Gasteiger partial charge in [0.1, 0.15) is 11.5 Å². The normalized spacial score (nSPS) is 11.8. The van der Waals surface area contributed by atoms with Crippen LogP contribution in [0.3, 0.4) is 0 Å². The van der Waals surface area contributed by atoms with E-state index in [0.29, 0.717) is 0 Å². The van der Waals surface area contributed by atoms with Gasteiger partial charge in [-0.1, -0.05) is 6.07 Å². The summed E-state index contributed by atoms with van der Waals surface area (Å²) in [5.41, 5.74) is -0.335. The summed E-state index contributed by atoms with van der Waals surface area (Å²) in [6.45, 7) is 0. The Morgan fingerprint density at radius 1 is 1.04 bits per heavy atom. The van der Waals surface area contributed by atoms with Gasteiger partial charge < -0.3 is 10.3 Å². The van der Waals surface area contributed by atoms with E-state index in [1.807, 2.05) is 0 Å². The highest BCUT2D eigenvalue weighted by Crippen LogP contribution is 2.24. The lowest BCUT2D eigenvalue weighted by Crippen LogP contribution is -2.31. The first-order valence-electron chi connectivity index (χ1n) is 7.50. The molecule has 0 aliphatic carbocycles. The minimum Gasteiger partial charge on any atom is -0.339 e. The molecule has 1 amide bonds. The third-order valence-electron chi connectivity index (χ3n) is 3.66. The van der Waals surface area contributed by atoms with Gasteiger partial charge >= 0.3 is 0 Å². The van der Waals surface area contributed by atoms with Crippen LogP contribution in [0.1, 0.15) is 27.7 Å². The van der Waals surface area contributed by atoms with E-state index < -0.39 is 35.0 Å².